The molecule has 0 spiro atoms. The summed E-state index contributed by atoms with van der Waals surface area (Å²) in [5, 5.41) is 8.56. The molecular formula is C6H8BrNOS. The van der Waals surface area contributed by atoms with Crippen molar-refractivity contribution < 1.29 is 5.11 Å². The molecular weight excluding hydrogens is 214 g/mol. The van der Waals surface area contributed by atoms with Crippen molar-refractivity contribution in [3.63, 3.8) is 0 Å². The van der Waals surface area contributed by atoms with Crippen LogP contribution in [0.5, 0.6) is 0 Å². The van der Waals surface area contributed by atoms with Crippen LogP contribution in [0.25, 0.3) is 0 Å². The Kier molecular flexibility index (Phi) is 4.47. The van der Waals surface area contributed by atoms with Gasteiger partial charge in [0.2, 0.25) is 0 Å². The Balaban J connectivity index is 4.42. The number of thiocarbonyl (C=S) groups is 1. The second-order valence-corrected chi connectivity index (χ2v) is 3.57. The largest absolute Gasteiger partial charge is 0.513 e. The molecule has 0 aliphatic heterocycles. The lowest BCUT2D eigenvalue weighted by molar-refractivity contribution is 0.470. The molecule has 0 saturated heterocycles. The van der Waals surface area contributed by atoms with Crippen LogP contribution < -0.4 is 0 Å². The molecule has 0 aromatic heterocycles. The van der Waals surface area contributed by atoms with E-state index in [9.17, 15) is 0 Å². The van der Waals surface area contributed by atoms with Crippen LogP contribution in [0.2, 0.25) is 0 Å². The molecule has 0 atom stereocenters. The molecule has 0 unspecified atom stereocenters. The maximum Gasteiger partial charge on any atom is 0.122 e. The summed E-state index contributed by atoms with van der Waals surface area (Å²) in [6.45, 7) is 3.66. The zero-order valence-electron chi connectivity index (χ0n) is 5.76. The van der Waals surface area contributed by atoms with Gasteiger partial charge >= 0.3 is 0 Å². The highest BCUT2D eigenvalue weighted by Crippen LogP contribution is 2.05. The lowest BCUT2D eigenvalue weighted by atomic mass is 10.4. The first-order chi connectivity index (χ1) is 4.57. The predicted molar refractivity (Wildman–Crippen MR) is 51.0 cm³/mol. The third-order valence-corrected chi connectivity index (χ3v) is 1.28. The van der Waals surface area contributed by atoms with E-state index in [4.69, 9.17) is 17.3 Å². The molecule has 1 N–H and O–H groups in total. The molecule has 0 radical (unpaired) electrons. The van der Waals surface area contributed by atoms with E-state index in [-0.39, 0.29) is 0 Å². The van der Waals surface area contributed by atoms with Crippen LogP contribution in [0, 0.1) is 0 Å². The highest BCUT2D eigenvalue weighted by molar-refractivity contribution is 9.20. The Morgan fingerprint density at radius 3 is 2.20 bits per heavy atom. The zero-order valence-corrected chi connectivity index (χ0v) is 8.16. The van der Waals surface area contributed by atoms with Gasteiger partial charge in [-0.05, 0) is 29.8 Å². The maximum atomic E-state index is 8.56. The number of hydrogen-bond donors (Lipinski definition) is 1. The van der Waals surface area contributed by atoms with Crippen molar-refractivity contribution >= 4 is 37.6 Å². The molecule has 0 fully saturated rings. The first-order valence-corrected chi connectivity index (χ1v) is 3.84. The molecule has 0 aliphatic carbocycles. The van der Waals surface area contributed by atoms with E-state index >= 15 is 0 Å². The second-order valence-electron chi connectivity index (χ2n) is 1.85. The number of rotatable bonds is 2. The smallest absolute Gasteiger partial charge is 0.122 e. The molecule has 56 valence electrons. The summed E-state index contributed by atoms with van der Waals surface area (Å²) in [7, 11) is 0. The molecule has 0 saturated carbocycles. The number of allylic oxidation sites excluding steroid dienone is 1. The monoisotopic (exact) mass is 221 g/mol. The van der Waals surface area contributed by atoms with E-state index < -0.39 is 0 Å². The van der Waals surface area contributed by atoms with E-state index in [1.54, 1.807) is 0 Å². The predicted octanol–water partition coefficient (Wildman–Crippen LogP) is 2.59. The van der Waals surface area contributed by atoms with Crippen LogP contribution in [-0.4, -0.2) is 14.6 Å². The lowest BCUT2D eigenvalue weighted by Gasteiger charge is -1.94. The first-order valence-electron chi connectivity index (χ1n) is 2.64. The third kappa shape index (κ3) is 3.74. The highest BCUT2D eigenvalue weighted by atomic mass is 79.9. The summed E-state index contributed by atoms with van der Waals surface area (Å²) in [4.78, 5) is 3.93. The third-order valence-electron chi connectivity index (χ3n) is 0.668. The highest BCUT2D eigenvalue weighted by Gasteiger charge is 1.97. The molecule has 0 aromatic rings. The maximum absolute atomic E-state index is 8.56. The number of nitrogens with zero attached hydrogens (tertiary/aromatic N) is 1. The van der Waals surface area contributed by atoms with Crippen LogP contribution in [0.15, 0.2) is 17.0 Å². The molecule has 0 aliphatic rings. The van der Waals surface area contributed by atoms with Crippen LogP contribution in [0.4, 0.5) is 0 Å². The summed E-state index contributed by atoms with van der Waals surface area (Å²) in [6.07, 6.45) is 0.879. The minimum Gasteiger partial charge on any atom is -0.513 e. The minimum atomic E-state index is 0.384. The summed E-state index contributed by atoms with van der Waals surface area (Å²) in [6, 6.07) is 0. The van der Waals surface area contributed by atoms with Crippen molar-refractivity contribution in [1.29, 1.82) is 0 Å². The summed E-state index contributed by atoms with van der Waals surface area (Å²) in [5.41, 5.74) is 1.23. The second kappa shape index (κ2) is 4.57. The fraction of sp³-hybridized carbons (Fsp3) is 0.333. The number of aliphatic hydroxyl groups excluding tert-OH is 1. The Hall–Kier alpha value is -0.220. The number of hydrogen-bond acceptors (Lipinski definition) is 3. The van der Waals surface area contributed by atoms with Gasteiger partial charge in [0, 0.05) is 5.71 Å². The van der Waals surface area contributed by atoms with E-state index in [1.807, 2.05) is 13.8 Å². The van der Waals surface area contributed by atoms with E-state index in [2.05, 4.69) is 20.9 Å². The summed E-state index contributed by atoms with van der Waals surface area (Å²) >= 11 is 7.74. The molecule has 0 heterocycles. The van der Waals surface area contributed by atoms with E-state index in [0.29, 0.717) is 9.47 Å². The van der Waals surface area contributed by atoms with Crippen molar-refractivity contribution in [2.24, 2.45) is 4.99 Å². The average molecular weight is 222 g/mol. The van der Waals surface area contributed by atoms with Crippen LogP contribution in [0.1, 0.15) is 13.8 Å². The Labute approximate surface area is 73.8 Å². The van der Waals surface area contributed by atoms with Crippen molar-refractivity contribution in [1.82, 2.24) is 0 Å². The molecule has 0 rings (SSSR count). The van der Waals surface area contributed by atoms with E-state index in [1.165, 1.54) is 0 Å². The Morgan fingerprint density at radius 1 is 1.60 bits per heavy atom. The lowest BCUT2D eigenvalue weighted by Crippen LogP contribution is -1.90. The fourth-order valence-electron chi connectivity index (χ4n) is 0.364. The van der Waals surface area contributed by atoms with Gasteiger partial charge in [-0.2, -0.15) is 0 Å². The molecule has 0 aromatic carbocycles. The quantitative estimate of drug-likeness (QED) is 0.256. The first kappa shape index (κ1) is 9.78. The summed E-state index contributed by atoms with van der Waals surface area (Å²) in [5.74, 6) is 0. The van der Waals surface area contributed by atoms with Gasteiger partial charge in [0.05, 0.1) is 0 Å². The van der Waals surface area contributed by atoms with Gasteiger partial charge in [-0.1, -0.05) is 12.2 Å². The molecule has 10 heavy (non-hydrogen) atoms. The van der Waals surface area contributed by atoms with Gasteiger partial charge in [0.25, 0.3) is 0 Å². The van der Waals surface area contributed by atoms with Gasteiger partial charge in [-0.3, -0.25) is 4.99 Å². The van der Waals surface area contributed by atoms with Crippen molar-refractivity contribution in [3.05, 3.63) is 12.0 Å². The van der Waals surface area contributed by atoms with Gasteiger partial charge < -0.3 is 5.11 Å². The van der Waals surface area contributed by atoms with Crippen LogP contribution in [-0.2, 0) is 0 Å². The topological polar surface area (TPSA) is 32.6 Å². The normalized spacial score (nSPS) is 10.9. The number of halogens is 1. The van der Waals surface area contributed by atoms with E-state index in [0.717, 1.165) is 12.0 Å². The minimum absolute atomic E-state index is 0.384. The SMILES string of the molecule is CC(C)=NC(=CO)C(=S)Br. The van der Waals surface area contributed by atoms with Gasteiger partial charge in [0.1, 0.15) is 15.7 Å². The van der Waals surface area contributed by atoms with Gasteiger partial charge in [-0.25, -0.2) is 0 Å². The zero-order chi connectivity index (χ0) is 8.15. The standard InChI is InChI=1S/C6H8BrNOS/c1-4(2)8-5(3-9)6(7)10/h3,9H,1-2H3. The van der Waals surface area contributed by atoms with Gasteiger partial charge in [-0.15, -0.1) is 0 Å². The van der Waals surface area contributed by atoms with Crippen molar-refractivity contribution in [3.8, 4) is 0 Å². The summed E-state index contributed by atoms with van der Waals surface area (Å²) < 4.78 is 0.413. The van der Waals surface area contributed by atoms with Crippen LogP contribution in [0.3, 0.4) is 0 Å². The number of aliphatic hydroxyl groups is 1. The molecule has 0 bridgehead atoms. The molecule has 0 amide bonds. The van der Waals surface area contributed by atoms with Crippen molar-refractivity contribution in [2.75, 3.05) is 0 Å². The van der Waals surface area contributed by atoms with Crippen LogP contribution >= 0.6 is 28.1 Å². The average Bonchev–Trinajstić information content (AvgIpc) is 1.81. The van der Waals surface area contributed by atoms with Crippen molar-refractivity contribution in [2.45, 2.75) is 13.8 Å². The fourth-order valence-corrected chi connectivity index (χ4v) is 0.654. The Morgan fingerprint density at radius 2 is 2.10 bits per heavy atom. The number of aliphatic imine (C=N–C) groups is 1. The molecule has 2 nitrogen and oxygen atoms in total. The van der Waals surface area contributed by atoms with Gasteiger partial charge in [0.15, 0.2) is 0 Å². The Bertz CT molecular complexity index is 194. The molecule has 4 heteroatoms.